The van der Waals surface area contributed by atoms with Crippen LogP contribution in [-0.2, 0) is 33.4 Å². The first-order valence-electron chi connectivity index (χ1n) is 15.4. The zero-order chi connectivity index (χ0) is 37.0. The average Bonchev–Trinajstić information content (AvgIpc) is 3.03. The van der Waals surface area contributed by atoms with Gasteiger partial charge in [0, 0.05) is 46.9 Å². The third-order valence-electron chi connectivity index (χ3n) is 8.76. The molecule has 0 fully saturated rings. The normalized spacial score (nSPS) is 22.3. The number of nitrogens with one attached hydrogen (secondary N) is 2. The van der Waals surface area contributed by atoms with Crippen molar-refractivity contribution in [2.24, 2.45) is 11.8 Å². The molecule has 4 rings (SSSR count). The molecule has 1 aromatic rings. The number of ether oxygens (including phenoxy) is 3. The highest BCUT2D eigenvalue weighted by Crippen LogP contribution is 2.43. The fourth-order valence-electron chi connectivity index (χ4n) is 6.47. The van der Waals surface area contributed by atoms with Gasteiger partial charge in [-0.05, 0) is 64.2 Å². The molecule has 0 saturated carbocycles. The maximum atomic E-state index is 14.2. The fraction of sp³-hybridized carbons (Fsp3) is 0.314. The molecule has 0 amide bonds. The van der Waals surface area contributed by atoms with Crippen LogP contribution < -0.4 is 10.6 Å². The summed E-state index contributed by atoms with van der Waals surface area (Å²) in [6, 6.07) is 4.01. The minimum Gasteiger partial charge on any atom is -0.466 e. The minimum absolute atomic E-state index is 0.0265. The summed E-state index contributed by atoms with van der Waals surface area (Å²) >= 11 is 0. The van der Waals surface area contributed by atoms with Crippen LogP contribution in [0.5, 0.6) is 0 Å². The van der Waals surface area contributed by atoms with Gasteiger partial charge in [0.2, 0.25) is 0 Å². The summed E-state index contributed by atoms with van der Waals surface area (Å²) in [6.07, 6.45) is 7.43. The number of hydrogen-bond donors (Lipinski definition) is 2. The Kier molecular flexibility index (Phi) is 11.0. The molecular weight excluding hydrogens is 652 g/mol. The van der Waals surface area contributed by atoms with E-state index in [0.29, 0.717) is 17.0 Å². The van der Waals surface area contributed by atoms with Crippen molar-refractivity contribution in [1.29, 1.82) is 0 Å². The lowest BCUT2D eigenvalue weighted by Crippen LogP contribution is -2.38. The van der Waals surface area contributed by atoms with Gasteiger partial charge >= 0.3 is 23.9 Å². The van der Waals surface area contributed by atoms with Crippen molar-refractivity contribution >= 4 is 29.6 Å². The van der Waals surface area contributed by atoms with Crippen molar-refractivity contribution in [2.45, 2.75) is 47.0 Å². The smallest absolute Gasteiger partial charge is 0.344 e. The number of rotatable bonds is 8. The minimum atomic E-state index is -1.24. The zero-order valence-electron chi connectivity index (χ0n) is 28.4. The Bertz CT molecular complexity index is 1930. The van der Waals surface area contributed by atoms with Crippen molar-refractivity contribution in [3.63, 3.8) is 0 Å². The summed E-state index contributed by atoms with van der Waals surface area (Å²) in [5.41, 5.74) is 1.16. The maximum Gasteiger partial charge on any atom is 0.344 e. The number of aryl methyl sites for hydroxylation is 1. The number of esters is 4. The molecule has 15 nitrogen and oxygen atoms in total. The summed E-state index contributed by atoms with van der Waals surface area (Å²) in [6.45, 7) is 7.92. The number of non-ortho nitro benzene ring substituents is 1. The van der Waals surface area contributed by atoms with Crippen LogP contribution in [0, 0.1) is 39.0 Å². The number of benzene rings is 1. The van der Waals surface area contributed by atoms with Gasteiger partial charge in [0.05, 0.1) is 52.3 Å². The average molecular weight is 689 g/mol. The first kappa shape index (κ1) is 36.7. The summed E-state index contributed by atoms with van der Waals surface area (Å²) in [7, 11) is 2.32. The second-order valence-electron chi connectivity index (χ2n) is 11.8. The van der Waals surface area contributed by atoms with Crippen molar-refractivity contribution in [3.8, 4) is 0 Å². The van der Waals surface area contributed by atoms with Crippen LogP contribution in [0.4, 0.5) is 5.69 Å². The Labute approximate surface area is 287 Å². The number of allylic oxidation sites excluding steroid dienone is 9. The predicted molar refractivity (Wildman–Crippen MR) is 178 cm³/mol. The molecule has 0 bridgehead atoms. The molecule has 0 saturated heterocycles. The van der Waals surface area contributed by atoms with Crippen LogP contribution in [0.15, 0.2) is 99.4 Å². The molecule has 0 radical (unpaired) electrons. The van der Waals surface area contributed by atoms with Crippen LogP contribution >= 0.6 is 0 Å². The van der Waals surface area contributed by atoms with Crippen LogP contribution in [0.3, 0.4) is 0 Å². The highest BCUT2D eigenvalue weighted by Gasteiger charge is 2.44. The second-order valence-corrected chi connectivity index (χ2v) is 11.8. The third kappa shape index (κ3) is 7.16. The van der Waals surface area contributed by atoms with Gasteiger partial charge in [0.15, 0.2) is 0 Å². The maximum absolute atomic E-state index is 14.2. The van der Waals surface area contributed by atoms with Gasteiger partial charge in [-0.3, -0.25) is 20.2 Å². The number of hydrogen-bond acceptors (Lipinski definition) is 13. The van der Waals surface area contributed by atoms with Crippen LogP contribution in [0.25, 0.3) is 0 Å². The Morgan fingerprint density at radius 3 is 1.82 bits per heavy atom. The molecule has 15 heteroatoms. The van der Waals surface area contributed by atoms with E-state index in [9.17, 15) is 39.4 Å². The Morgan fingerprint density at radius 1 is 0.740 bits per heavy atom. The van der Waals surface area contributed by atoms with Crippen LogP contribution in [0.2, 0.25) is 0 Å². The second kappa shape index (κ2) is 15.0. The molecule has 2 aliphatic heterocycles. The topological polar surface area (TPSA) is 206 Å². The SMILES string of the molecule is COC(=O)C1=C(C)NC(C)=C(C(=O)OC(=O)C2=C(C)NC(C)=C(C(=O)OC)C2C2C=C/C=C\C([N+](=O)[O-])=C/C2)C1c1cc([N+](=O)[O-])ccc1C. The van der Waals surface area contributed by atoms with E-state index in [0.717, 1.165) is 7.11 Å². The summed E-state index contributed by atoms with van der Waals surface area (Å²) < 4.78 is 15.6. The summed E-state index contributed by atoms with van der Waals surface area (Å²) in [5, 5.41) is 29.3. The standard InChI is InChI=1S/C35H36N4O11/c1-17-12-14-24(39(46)47)16-25(17)31-28(33(41)49-7)20(4)37-21(5)29(31)35(43)50-34(42)27-19(3)36-18(2)26(32(40)48-6)30(27)22-10-8-9-11-23(15-13-22)38(44)45/h8-12,14-16,22,30-31,36-37H,13H2,1-7H3/b10-8?,11-9-,23-15+. The molecule has 3 atom stereocenters. The Balaban J connectivity index is 1.83. The number of nitrogens with zero attached hydrogens (tertiary/aromatic N) is 2. The molecule has 1 aromatic carbocycles. The van der Waals surface area contributed by atoms with E-state index in [4.69, 9.17) is 14.2 Å². The third-order valence-corrected chi connectivity index (χ3v) is 8.76. The van der Waals surface area contributed by atoms with Gasteiger partial charge in [0.25, 0.3) is 11.4 Å². The van der Waals surface area contributed by atoms with E-state index in [-0.39, 0.29) is 57.1 Å². The number of methoxy groups -OCH3 is 2. The molecule has 2 heterocycles. The zero-order valence-corrected chi connectivity index (χ0v) is 28.4. The van der Waals surface area contributed by atoms with Gasteiger partial charge in [-0.25, -0.2) is 19.2 Å². The van der Waals surface area contributed by atoms with Gasteiger partial charge in [-0.15, -0.1) is 0 Å². The van der Waals surface area contributed by atoms with Gasteiger partial charge in [-0.2, -0.15) is 0 Å². The molecule has 3 unspecified atom stereocenters. The van der Waals surface area contributed by atoms with Crippen molar-refractivity contribution in [2.75, 3.05) is 14.2 Å². The van der Waals surface area contributed by atoms with Gasteiger partial charge in [-0.1, -0.05) is 24.3 Å². The number of dihydropyridines is 2. The van der Waals surface area contributed by atoms with Crippen molar-refractivity contribution in [3.05, 3.63) is 131 Å². The monoisotopic (exact) mass is 688 g/mol. The number of carbonyl (C=O) groups excluding carboxylic acids is 4. The van der Waals surface area contributed by atoms with E-state index in [1.807, 2.05) is 0 Å². The van der Waals surface area contributed by atoms with Gasteiger partial charge < -0.3 is 24.8 Å². The lowest BCUT2D eigenvalue weighted by Gasteiger charge is -2.34. The van der Waals surface area contributed by atoms with Crippen molar-refractivity contribution in [1.82, 2.24) is 10.6 Å². The lowest BCUT2D eigenvalue weighted by molar-refractivity contribution is -0.419. The first-order valence-corrected chi connectivity index (χ1v) is 15.4. The lowest BCUT2D eigenvalue weighted by atomic mass is 9.74. The molecule has 2 N–H and O–H groups in total. The largest absolute Gasteiger partial charge is 0.466 e. The molecule has 0 spiro atoms. The number of carbonyl (C=O) groups is 4. The predicted octanol–water partition coefficient (Wildman–Crippen LogP) is 4.61. The van der Waals surface area contributed by atoms with Crippen LogP contribution in [0.1, 0.15) is 51.2 Å². The molecule has 3 aliphatic rings. The quantitative estimate of drug-likeness (QED) is 0.126. The molecule has 262 valence electrons. The van der Waals surface area contributed by atoms with Crippen molar-refractivity contribution < 1.29 is 43.2 Å². The Hall–Kier alpha value is -6.12. The number of nitro groups is 2. The van der Waals surface area contributed by atoms with E-state index in [1.54, 1.807) is 39.8 Å². The molecular formula is C35H36N4O11. The molecule has 1 aliphatic carbocycles. The fourth-order valence-corrected chi connectivity index (χ4v) is 6.47. The van der Waals surface area contributed by atoms with E-state index >= 15 is 0 Å². The highest BCUT2D eigenvalue weighted by molar-refractivity contribution is 6.07. The number of nitro benzene ring substituents is 1. The molecule has 0 aromatic heterocycles. The van der Waals surface area contributed by atoms with Gasteiger partial charge in [0.1, 0.15) is 0 Å². The van der Waals surface area contributed by atoms with Crippen LogP contribution in [-0.4, -0.2) is 47.9 Å². The molecule has 50 heavy (non-hydrogen) atoms. The first-order chi connectivity index (χ1) is 23.6. The highest BCUT2D eigenvalue weighted by atomic mass is 16.6. The summed E-state index contributed by atoms with van der Waals surface area (Å²) in [5.74, 6) is -6.90. The summed E-state index contributed by atoms with van der Waals surface area (Å²) in [4.78, 5) is 76.8. The van der Waals surface area contributed by atoms with E-state index in [2.05, 4.69) is 10.6 Å². The van der Waals surface area contributed by atoms with E-state index in [1.165, 1.54) is 50.5 Å². The van der Waals surface area contributed by atoms with E-state index < -0.39 is 51.5 Å². The Morgan fingerprint density at radius 2 is 1.26 bits per heavy atom.